The van der Waals surface area contributed by atoms with Crippen LogP contribution in [-0.4, -0.2) is 47.6 Å². The third-order valence-corrected chi connectivity index (χ3v) is 5.87. The minimum absolute atomic E-state index is 0.736. The number of thiazole rings is 1. The molecule has 5 nitrogen and oxygen atoms in total. The highest BCUT2D eigenvalue weighted by Crippen LogP contribution is 2.31. The van der Waals surface area contributed by atoms with Gasteiger partial charge in [-0.3, -0.25) is 4.90 Å². The van der Waals surface area contributed by atoms with Gasteiger partial charge in [0.1, 0.15) is 5.82 Å². The minimum atomic E-state index is 0.736. The van der Waals surface area contributed by atoms with Gasteiger partial charge < -0.3 is 10.6 Å². The smallest absolute Gasteiger partial charge is 0.180 e. The molecule has 0 bridgehead atoms. The first kappa shape index (κ1) is 14.9. The SMILES string of the molecule is Nc1nc2c(s1)CC(CN1CCN(c3ccccn3)CC1)CC2. The van der Waals surface area contributed by atoms with Crippen molar-refractivity contribution in [1.82, 2.24) is 14.9 Å². The zero-order chi connectivity index (χ0) is 15.6. The van der Waals surface area contributed by atoms with Crippen molar-refractivity contribution >= 4 is 22.3 Å². The Balaban J connectivity index is 1.30. The number of piperazine rings is 1. The number of rotatable bonds is 3. The van der Waals surface area contributed by atoms with Gasteiger partial charge in [-0.2, -0.15) is 0 Å². The molecule has 0 radical (unpaired) electrons. The standard InChI is InChI=1S/C17H23N5S/c18-17-20-14-5-4-13(11-15(14)23-17)12-21-7-9-22(10-8-21)16-3-1-2-6-19-16/h1-3,6,13H,4-5,7-12H2,(H2,18,20). The molecule has 0 amide bonds. The highest BCUT2D eigenvalue weighted by Gasteiger charge is 2.25. The lowest BCUT2D eigenvalue weighted by Crippen LogP contribution is -2.48. The van der Waals surface area contributed by atoms with Crippen LogP contribution in [0.2, 0.25) is 0 Å². The molecule has 1 saturated heterocycles. The van der Waals surface area contributed by atoms with E-state index in [1.165, 1.54) is 23.5 Å². The molecular weight excluding hydrogens is 306 g/mol. The molecule has 3 heterocycles. The van der Waals surface area contributed by atoms with Crippen molar-refractivity contribution in [3.63, 3.8) is 0 Å². The van der Waals surface area contributed by atoms with E-state index in [-0.39, 0.29) is 0 Å². The van der Waals surface area contributed by atoms with E-state index in [2.05, 4.69) is 31.9 Å². The topological polar surface area (TPSA) is 58.3 Å². The van der Waals surface area contributed by atoms with Gasteiger partial charge in [0.05, 0.1) is 5.69 Å². The zero-order valence-corrected chi connectivity index (χ0v) is 14.1. The summed E-state index contributed by atoms with van der Waals surface area (Å²) in [5, 5.41) is 0.736. The van der Waals surface area contributed by atoms with Crippen LogP contribution >= 0.6 is 11.3 Å². The first-order valence-corrected chi connectivity index (χ1v) is 9.22. The van der Waals surface area contributed by atoms with Crippen LogP contribution in [0.15, 0.2) is 24.4 Å². The van der Waals surface area contributed by atoms with Crippen LogP contribution in [0.5, 0.6) is 0 Å². The summed E-state index contributed by atoms with van der Waals surface area (Å²) >= 11 is 1.69. The van der Waals surface area contributed by atoms with Crippen LogP contribution in [0.4, 0.5) is 10.9 Å². The van der Waals surface area contributed by atoms with E-state index in [9.17, 15) is 0 Å². The number of hydrogen-bond donors (Lipinski definition) is 1. The lowest BCUT2D eigenvalue weighted by molar-refractivity contribution is 0.209. The number of nitrogen functional groups attached to an aromatic ring is 1. The molecule has 1 fully saturated rings. The molecule has 1 unspecified atom stereocenters. The molecule has 2 aliphatic rings. The van der Waals surface area contributed by atoms with Crippen molar-refractivity contribution in [3.8, 4) is 0 Å². The average Bonchev–Trinajstić information content (AvgIpc) is 2.96. The zero-order valence-electron chi connectivity index (χ0n) is 13.3. The molecule has 2 aromatic rings. The third kappa shape index (κ3) is 3.33. The Morgan fingerprint density at radius 2 is 2.09 bits per heavy atom. The molecule has 23 heavy (non-hydrogen) atoms. The summed E-state index contributed by atoms with van der Waals surface area (Å²) in [5.74, 6) is 1.86. The molecule has 1 aliphatic carbocycles. The van der Waals surface area contributed by atoms with Crippen LogP contribution in [0.1, 0.15) is 17.0 Å². The second-order valence-electron chi connectivity index (χ2n) is 6.51. The second kappa shape index (κ2) is 6.45. The van der Waals surface area contributed by atoms with Gasteiger partial charge in [0.25, 0.3) is 0 Å². The van der Waals surface area contributed by atoms with Crippen molar-refractivity contribution in [1.29, 1.82) is 0 Å². The predicted molar refractivity (Wildman–Crippen MR) is 94.9 cm³/mol. The third-order valence-electron chi connectivity index (χ3n) is 4.92. The van der Waals surface area contributed by atoms with Crippen molar-refractivity contribution < 1.29 is 0 Å². The molecule has 2 N–H and O–H groups in total. The van der Waals surface area contributed by atoms with Crippen LogP contribution in [0.3, 0.4) is 0 Å². The number of aromatic nitrogens is 2. The predicted octanol–water partition coefficient (Wildman–Crippen LogP) is 2.05. The van der Waals surface area contributed by atoms with Crippen molar-refractivity contribution in [3.05, 3.63) is 35.0 Å². The summed E-state index contributed by atoms with van der Waals surface area (Å²) in [6.07, 6.45) is 5.38. The van der Waals surface area contributed by atoms with Crippen LogP contribution in [0.25, 0.3) is 0 Å². The highest BCUT2D eigenvalue weighted by atomic mass is 32.1. The molecule has 122 valence electrons. The Kier molecular flexibility index (Phi) is 4.18. The number of fused-ring (bicyclic) bond motifs is 1. The molecule has 6 heteroatoms. The molecule has 2 aromatic heterocycles. The van der Waals surface area contributed by atoms with Crippen LogP contribution in [-0.2, 0) is 12.8 Å². The summed E-state index contributed by atoms with van der Waals surface area (Å²) in [5.41, 5.74) is 7.10. The van der Waals surface area contributed by atoms with E-state index in [0.717, 1.165) is 55.9 Å². The Bertz CT molecular complexity index is 648. The molecular formula is C17H23N5S. The number of anilines is 2. The summed E-state index contributed by atoms with van der Waals surface area (Å²) in [6.45, 7) is 5.60. The monoisotopic (exact) mass is 329 g/mol. The van der Waals surface area contributed by atoms with Gasteiger partial charge in [0.2, 0.25) is 0 Å². The van der Waals surface area contributed by atoms with E-state index < -0.39 is 0 Å². The maximum Gasteiger partial charge on any atom is 0.180 e. The van der Waals surface area contributed by atoms with Crippen molar-refractivity contribution in [2.75, 3.05) is 43.4 Å². The lowest BCUT2D eigenvalue weighted by Gasteiger charge is -2.37. The molecule has 0 aromatic carbocycles. The normalized spacial score (nSPS) is 22.1. The summed E-state index contributed by atoms with van der Waals surface area (Å²) in [6, 6.07) is 6.14. The number of nitrogens with zero attached hydrogens (tertiary/aromatic N) is 4. The Morgan fingerprint density at radius 3 is 2.87 bits per heavy atom. The van der Waals surface area contributed by atoms with E-state index in [4.69, 9.17) is 5.73 Å². The molecule has 4 rings (SSSR count). The largest absolute Gasteiger partial charge is 0.375 e. The first-order valence-electron chi connectivity index (χ1n) is 8.40. The van der Waals surface area contributed by atoms with E-state index in [1.807, 2.05) is 12.3 Å². The van der Waals surface area contributed by atoms with Crippen LogP contribution < -0.4 is 10.6 Å². The number of pyridine rings is 1. The van der Waals surface area contributed by atoms with Gasteiger partial charge in [-0.05, 0) is 37.3 Å². The Morgan fingerprint density at radius 1 is 1.22 bits per heavy atom. The average molecular weight is 329 g/mol. The number of aryl methyl sites for hydroxylation is 1. The van der Waals surface area contributed by atoms with Crippen molar-refractivity contribution in [2.45, 2.75) is 19.3 Å². The number of nitrogens with two attached hydrogens (primary N) is 1. The van der Waals surface area contributed by atoms with E-state index in [1.54, 1.807) is 11.3 Å². The fourth-order valence-electron chi connectivity index (χ4n) is 3.68. The second-order valence-corrected chi connectivity index (χ2v) is 7.62. The number of hydrogen-bond acceptors (Lipinski definition) is 6. The Labute approximate surface area is 141 Å². The summed E-state index contributed by atoms with van der Waals surface area (Å²) < 4.78 is 0. The molecule has 1 atom stereocenters. The van der Waals surface area contributed by atoms with Gasteiger partial charge in [-0.1, -0.05) is 6.07 Å². The van der Waals surface area contributed by atoms with Gasteiger partial charge in [-0.25, -0.2) is 9.97 Å². The first-order chi connectivity index (χ1) is 11.3. The fourth-order valence-corrected chi connectivity index (χ4v) is 4.68. The van der Waals surface area contributed by atoms with Crippen LogP contribution in [0, 0.1) is 5.92 Å². The molecule has 0 spiro atoms. The maximum absolute atomic E-state index is 5.84. The van der Waals surface area contributed by atoms with E-state index in [0.29, 0.717) is 0 Å². The van der Waals surface area contributed by atoms with Crippen molar-refractivity contribution in [2.24, 2.45) is 5.92 Å². The Hall–Kier alpha value is -1.66. The molecule has 1 aliphatic heterocycles. The van der Waals surface area contributed by atoms with Gasteiger partial charge in [0, 0.05) is 43.8 Å². The fraction of sp³-hybridized carbons (Fsp3) is 0.529. The quantitative estimate of drug-likeness (QED) is 0.934. The van der Waals surface area contributed by atoms with Gasteiger partial charge in [0.15, 0.2) is 5.13 Å². The van der Waals surface area contributed by atoms with Gasteiger partial charge >= 0.3 is 0 Å². The maximum atomic E-state index is 5.84. The summed E-state index contributed by atoms with van der Waals surface area (Å²) in [4.78, 5) is 15.3. The molecule has 0 saturated carbocycles. The van der Waals surface area contributed by atoms with E-state index >= 15 is 0 Å². The lowest BCUT2D eigenvalue weighted by atomic mass is 9.90. The minimum Gasteiger partial charge on any atom is -0.375 e. The summed E-state index contributed by atoms with van der Waals surface area (Å²) in [7, 11) is 0. The van der Waals surface area contributed by atoms with Gasteiger partial charge in [-0.15, -0.1) is 11.3 Å². The highest BCUT2D eigenvalue weighted by molar-refractivity contribution is 7.15.